The van der Waals surface area contributed by atoms with Gasteiger partial charge in [-0.05, 0) is 25.5 Å². The lowest BCUT2D eigenvalue weighted by atomic mass is 10.1. The second-order valence-corrected chi connectivity index (χ2v) is 6.78. The van der Waals surface area contributed by atoms with Gasteiger partial charge in [0, 0.05) is 27.3 Å². The lowest BCUT2D eigenvalue weighted by Gasteiger charge is -2.07. The van der Waals surface area contributed by atoms with Crippen LogP contribution >= 0.6 is 10.7 Å². The summed E-state index contributed by atoms with van der Waals surface area (Å²) in [5, 5.41) is 0.210. The molecular weight excluding hydrogens is 246 g/mol. The van der Waals surface area contributed by atoms with Gasteiger partial charge in [0.1, 0.15) is 5.25 Å². The molecule has 5 heteroatoms. The summed E-state index contributed by atoms with van der Waals surface area (Å²) < 4.78 is 22.8. The van der Waals surface area contributed by atoms with E-state index >= 15 is 0 Å². The molecule has 0 amide bonds. The summed E-state index contributed by atoms with van der Waals surface area (Å²) in [6.07, 6.45) is 0. The Kier molecular flexibility index (Phi) is 2.72. The van der Waals surface area contributed by atoms with Gasteiger partial charge >= 0.3 is 0 Å². The SMILES string of the molecule is Cc1[nH]c2ccccc2c1C(C)S(=O)(=O)Cl. The number of halogens is 1. The van der Waals surface area contributed by atoms with Crippen molar-refractivity contribution in [3.05, 3.63) is 35.5 Å². The predicted molar refractivity (Wildman–Crippen MR) is 66.2 cm³/mol. The van der Waals surface area contributed by atoms with E-state index < -0.39 is 14.3 Å². The van der Waals surface area contributed by atoms with E-state index in [4.69, 9.17) is 10.7 Å². The number of hydrogen-bond donors (Lipinski definition) is 1. The average molecular weight is 258 g/mol. The van der Waals surface area contributed by atoms with Gasteiger partial charge in [-0.25, -0.2) is 8.42 Å². The third-order valence-electron chi connectivity index (χ3n) is 2.77. The number of aromatic amines is 1. The van der Waals surface area contributed by atoms with Gasteiger partial charge in [-0.3, -0.25) is 0 Å². The molecule has 1 heterocycles. The van der Waals surface area contributed by atoms with E-state index in [9.17, 15) is 8.42 Å². The van der Waals surface area contributed by atoms with E-state index in [-0.39, 0.29) is 0 Å². The van der Waals surface area contributed by atoms with Crippen LogP contribution < -0.4 is 0 Å². The maximum Gasteiger partial charge on any atom is 0.239 e. The minimum atomic E-state index is -3.59. The molecule has 2 rings (SSSR count). The second kappa shape index (κ2) is 3.79. The molecule has 0 aliphatic heterocycles. The molecule has 3 nitrogen and oxygen atoms in total. The molecule has 2 aromatic rings. The first-order valence-corrected chi connectivity index (χ1v) is 7.29. The summed E-state index contributed by atoms with van der Waals surface area (Å²) in [7, 11) is 1.82. The fourth-order valence-corrected chi connectivity index (χ4v) is 2.82. The zero-order chi connectivity index (χ0) is 11.9. The van der Waals surface area contributed by atoms with E-state index in [0.717, 1.165) is 22.2 Å². The van der Waals surface area contributed by atoms with Crippen LogP contribution in [-0.2, 0) is 9.05 Å². The monoisotopic (exact) mass is 257 g/mol. The highest BCUT2D eigenvalue weighted by molar-refractivity contribution is 8.13. The lowest BCUT2D eigenvalue weighted by Crippen LogP contribution is -2.03. The van der Waals surface area contributed by atoms with Gasteiger partial charge in [0.05, 0.1) is 0 Å². The Bertz CT molecular complexity index is 630. The number of aromatic nitrogens is 1. The van der Waals surface area contributed by atoms with E-state index in [0.29, 0.717) is 0 Å². The lowest BCUT2D eigenvalue weighted by molar-refractivity contribution is 0.600. The first-order valence-electron chi connectivity index (χ1n) is 4.92. The molecule has 1 unspecified atom stereocenters. The minimum absolute atomic E-state index is 0.703. The Hall–Kier alpha value is -1.00. The molecule has 0 saturated carbocycles. The maximum absolute atomic E-state index is 11.4. The summed E-state index contributed by atoms with van der Waals surface area (Å²) in [6, 6.07) is 7.60. The van der Waals surface area contributed by atoms with Crippen LogP contribution in [0.4, 0.5) is 0 Å². The highest BCUT2D eigenvalue weighted by Crippen LogP contribution is 2.33. The Balaban J connectivity index is 2.73. The molecule has 0 aliphatic rings. The summed E-state index contributed by atoms with van der Waals surface area (Å²) in [6.45, 7) is 3.46. The minimum Gasteiger partial charge on any atom is -0.358 e. The highest BCUT2D eigenvalue weighted by atomic mass is 35.7. The van der Waals surface area contributed by atoms with Crippen LogP contribution in [0.5, 0.6) is 0 Å². The molecule has 86 valence electrons. The summed E-state index contributed by atoms with van der Waals surface area (Å²) in [5.41, 5.74) is 2.53. The van der Waals surface area contributed by atoms with Crippen molar-refractivity contribution in [2.75, 3.05) is 0 Å². The molecule has 1 aromatic carbocycles. The predicted octanol–water partition coefficient (Wildman–Crippen LogP) is 3.11. The first kappa shape index (κ1) is 11.5. The van der Waals surface area contributed by atoms with Crippen LogP contribution in [0.25, 0.3) is 10.9 Å². The zero-order valence-electron chi connectivity index (χ0n) is 8.99. The van der Waals surface area contributed by atoms with Crippen LogP contribution in [0.2, 0.25) is 0 Å². The fourth-order valence-electron chi connectivity index (χ4n) is 1.96. The van der Waals surface area contributed by atoms with Gasteiger partial charge in [0.15, 0.2) is 0 Å². The number of rotatable bonds is 2. The molecular formula is C11H12ClNO2S. The Labute approximate surface area is 98.8 Å². The van der Waals surface area contributed by atoms with Crippen molar-refractivity contribution in [3.63, 3.8) is 0 Å². The number of hydrogen-bond acceptors (Lipinski definition) is 2. The summed E-state index contributed by atoms with van der Waals surface area (Å²) in [5.74, 6) is 0. The smallest absolute Gasteiger partial charge is 0.239 e. The van der Waals surface area contributed by atoms with Crippen molar-refractivity contribution in [2.24, 2.45) is 0 Å². The van der Waals surface area contributed by atoms with E-state index in [1.54, 1.807) is 6.92 Å². The van der Waals surface area contributed by atoms with Crippen molar-refractivity contribution in [1.29, 1.82) is 0 Å². The normalized spacial score (nSPS) is 14.2. The number of para-hydroxylation sites is 1. The largest absolute Gasteiger partial charge is 0.358 e. The van der Waals surface area contributed by atoms with Gasteiger partial charge in [0.25, 0.3) is 0 Å². The zero-order valence-corrected chi connectivity index (χ0v) is 10.6. The van der Waals surface area contributed by atoms with Gasteiger partial charge in [-0.2, -0.15) is 0 Å². The maximum atomic E-state index is 11.4. The van der Waals surface area contributed by atoms with Crippen molar-refractivity contribution in [2.45, 2.75) is 19.1 Å². The van der Waals surface area contributed by atoms with Crippen LogP contribution in [-0.4, -0.2) is 13.4 Å². The van der Waals surface area contributed by atoms with Gasteiger partial charge < -0.3 is 4.98 Å². The molecule has 0 bridgehead atoms. The quantitative estimate of drug-likeness (QED) is 0.841. The second-order valence-electron chi connectivity index (χ2n) is 3.83. The number of benzene rings is 1. The number of nitrogens with one attached hydrogen (secondary N) is 1. The van der Waals surface area contributed by atoms with Crippen LogP contribution in [0.15, 0.2) is 24.3 Å². The molecule has 0 aliphatic carbocycles. The van der Waals surface area contributed by atoms with Crippen molar-refractivity contribution in [3.8, 4) is 0 Å². The Morgan fingerprint density at radius 3 is 2.56 bits per heavy atom. The molecule has 1 aromatic heterocycles. The Morgan fingerprint density at radius 2 is 1.94 bits per heavy atom. The highest BCUT2D eigenvalue weighted by Gasteiger charge is 2.24. The van der Waals surface area contributed by atoms with E-state index in [1.807, 2.05) is 31.2 Å². The number of aryl methyl sites for hydroxylation is 1. The molecule has 1 atom stereocenters. The van der Waals surface area contributed by atoms with Crippen LogP contribution in [0.3, 0.4) is 0 Å². The number of H-pyrrole nitrogens is 1. The molecule has 0 radical (unpaired) electrons. The van der Waals surface area contributed by atoms with Crippen molar-refractivity contribution < 1.29 is 8.42 Å². The number of fused-ring (bicyclic) bond motifs is 1. The van der Waals surface area contributed by atoms with Crippen LogP contribution in [0.1, 0.15) is 23.4 Å². The third kappa shape index (κ3) is 1.83. The Morgan fingerprint density at radius 1 is 1.31 bits per heavy atom. The van der Waals surface area contributed by atoms with E-state index in [2.05, 4.69) is 4.98 Å². The summed E-state index contributed by atoms with van der Waals surface area (Å²) >= 11 is 0. The topological polar surface area (TPSA) is 49.9 Å². The third-order valence-corrected chi connectivity index (χ3v) is 4.65. The van der Waals surface area contributed by atoms with Crippen LogP contribution in [0, 0.1) is 6.92 Å². The standard InChI is InChI=1S/C11H12ClNO2S/c1-7-11(8(2)16(12,14)15)9-5-3-4-6-10(9)13-7/h3-6,8,13H,1-2H3. The first-order chi connectivity index (χ1) is 7.41. The average Bonchev–Trinajstić information content (AvgIpc) is 2.51. The van der Waals surface area contributed by atoms with Gasteiger partial charge in [-0.1, -0.05) is 18.2 Å². The molecule has 0 fully saturated rings. The van der Waals surface area contributed by atoms with Crippen molar-refractivity contribution in [1.82, 2.24) is 4.98 Å². The molecule has 16 heavy (non-hydrogen) atoms. The fraction of sp³-hybridized carbons (Fsp3) is 0.273. The molecule has 0 spiro atoms. The van der Waals surface area contributed by atoms with Gasteiger partial charge in [0.2, 0.25) is 9.05 Å². The van der Waals surface area contributed by atoms with Gasteiger partial charge in [-0.15, -0.1) is 0 Å². The van der Waals surface area contributed by atoms with Crippen molar-refractivity contribution >= 4 is 30.6 Å². The molecule has 1 N–H and O–H groups in total. The van der Waals surface area contributed by atoms with E-state index in [1.165, 1.54) is 0 Å². The molecule has 0 saturated heterocycles. The summed E-state index contributed by atoms with van der Waals surface area (Å²) in [4.78, 5) is 3.16.